The van der Waals surface area contributed by atoms with Gasteiger partial charge >= 0.3 is 0 Å². The molecule has 0 amide bonds. The number of terminal acetylenes is 1. The maximum Gasteiger partial charge on any atom is 0.0480 e. The summed E-state index contributed by atoms with van der Waals surface area (Å²) in [6.07, 6.45) is 8.57. The Bertz CT molecular complexity index is 306. The Morgan fingerprint density at radius 3 is 2.33 bits per heavy atom. The van der Waals surface area contributed by atoms with Gasteiger partial charge in [-0.25, -0.2) is 0 Å². The quantitative estimate of drug-likeness (QED) is 0.738. The molecule has 1 nitrogen and oxygen atoms in total. The second-order valence-corrected chi connectivity index (χ2v) is 3.09. The summed E-state index contributed by atoms with van der Waals surface area (Å²) in [7, 11) is 0. The highest BCUT2D eigenvalue weighted by Gasteiger charge is 1.99. The van der Waals surface area contributed by atoms with E-state index in [0.717, 1.165) is 0 Å². The zero-order valence-electron chi connectivity index (χ0n) is 9.70. The van der Waals surface area contributed by atoms with Gasteiger partial charge < -0.3 is 5.32 Å². The van der Waals surface area contributed by atoms with E-state index >= 15 is 0 Å². The molecule has 1 aromatic rings. The van der Waals surface area contributed by atoms with Crippen LogP contribution in [0, 0.1) is 12.3 Å². The van der Waals surface area contributed by atoms with Crippen LogP contribution in [-0.2, 0) is 0 Å². The van der Waals surface area contributed by atoms with E-state index < -0.39 is 0 Å². The first-order valence-electron chi connectivity index (χ1n) is 5.05. The van der Waals surface area contributed by atoms with Crippen molar-refractivity contribution in [2.24, 2.45) is 0 Å². The minimum Gasteiger partial charge on any atom is -0.385 e. The van der Waals surface area contributed by atoms with Gasteiger partial charge in [-0.1, -0.05) is 36.4 Å². The number of allylic oxidation sites excluding steroid dienone is 1. The summed E-state index contributed by atoms with van der Waals surface area (Å²) >= 11 is 0. The van der Waals surface area contributed by atoms with Gasteiger partial charge in [-0.3, -0.25) is 0 Å². The molecule has 0 aliphatic carbocycles. The van der Waals surface area contributed by atoms with Gasteiger partial charge in [0, 0.05) is 6.04 Å². The van der Waals surface area contributed by atoms with Crippen molar-refractivity contribution in [1.82, 2.24) is 5.32 Å². The Morgan fingerprint density at radius 2 is 1.87 bits per heavy atom. The fourth-order valence-corrected chi connectivity index (χ4v) is 1.08. The van der Waals surface area contributed by atoms with Crippen molar-refractivity contribution in [2.45, 2.75) is 26.8 Å². The second-order valence-electron chi connectivity index (χ2n) is 3.09. The first kappa shape index (κ1) is 13.3. The summed E-state index contributed by atoms with van der Waals surface area (Å²) in [6, 6.07) is 10.8. The zero-order chi connectivity index (χ0) is 11.5. The van der Waals surface area contributed by atoms with Gasteiger partial charge in [0.15, 0.2) is 0 Å². The minimum absolute atomic E-state index is 0.391. The van der Waals surface area contributed by atoms with E-state index in [2.05, 4.69) is 48.8 Å². The molecule has 15 heavy (non-hydrogen) atoms. The molecule has 1 rings (SSSR count). The lowest BCUT2D eigenvalue weighted by Crippen LogP contribution is -2.10. The van der Waals surface area contributed by atoms with Gasteiger partial charge in [0.2, 0.25) is 0 Å². The molecule has 0 spiro atoms. The molecule has 0 saturated heterocycles. The van der Waals surface area contributed by atoms with Crippen LogP contribution in [0.4, 0.5) is 0 Å². The summed E-state index contributed by atoms with van der Waals surface area (Å²) in [4.78, 5) is 0. The molecule has 0 heterocycles. The molecule has 0 saturated carbocycles. The summed E-state index contributed by atoms with van der Waals surface area (Å²) in [6.45, 7) is 5.81. The van der Waals surface area contributed by atoms with Gasteiger partial charge in [0.05, 0.1) is 0 Å². The third kappa shape index (κ3) is 6.40. The van der Waals surface area contributed by atoms with Crippen molar-refractivity contribution in [3.05, 3.63) is 48.2 Å². The number of rotatable bonds is 3. The Labute approximate surface area is 93.2 Å². The largest absolute Gasteiger partial charge is 0.385 e. The van der Waals surface area contributed by atoms with E-state index in [0.29, 0.717) is 6.04 Å². The van der Waals surface area contributed by atoms with Crippen molar-refractivity contribution in [3.63, 3.8) is 0 Å². The highest BCUT2D eigenvalue weighted by molar-refractivity contribution is 5.18. The van der Waals surface area contributed by atoms with Gasteiger partial charge in [0.1, 0.15) is 0 Å². The zero-order valence-corrected chi connectivity index (χ0v) is 9.70. The van der Waals surface area contributed by atoms with Crippen LogP contribution < -0.4 is 5.32 Å². The lowest BCUT2D eigenvalue weighted by Gasteiger charge is -2.11. The smallest absolute Gasteiger partial charge is 0.0480 e. The molecular formula is C14H19N. The lowest BCUT2D eigenvalue weighted by atomic mass is 10.1. The maximum atomic E-state index is 4.60. The minimum atomic E-state index is 0.391. The summed E-state index contributed by atoms with van der Waals surface area (Å²) in [5.41, 5.74) is 1.32. The molecule has 0 aliphatic heterocycles. The Balaban J connectivity index is 0.000000583. The van der Waals surface area contributed by atoms with Gasteiger partial charge in [-0.05, 0) is 32.5 Å². The first-order valence-corrected chi connectivity index (χ1v) is 5.05. The van der Waals surface area contributed by atoms with Crippen LogP contribution in [0.5, 0.6) is 0 Å². The molecule has 0 bridgehead atoms. The highest BCUT2D eigenvalue weighted by Crippen LogP contribution is 2.10. The molecule has 0 aliphatic rings. The topological polar surface area (TPSA) is 12.0 Å². The second kappa shape index (κ2) is 8.90. The van der Waals surface area contributed by atoms with Crippen molar-refractivity contribution in [2.75, 3.05) is 0 Å². The van der Waals surface area contributed by atoms with E-state index in [1.165, 1.54) is 5.56 Å². The summed E-state index contributed by atoms with van der Waals surface area (Å²) < 4.78 is 0. The van der Waals surface area contributed by atoms with Crippen LogP contribution in [0.2, 0.25) is 0 Å². The summed E-state index contributed by atoms with van der Waals surface area (Å²) in [5, 5.41) is 3.27. The van der Waals surface area contributed by atoms with Crippen molar-refractivity contribution >= 4 is 0 Å². The average Bonchev–Trinajstić information content (AvgIpc) is 2.28. The maximum absolute atomic E-state index is 4.60. The Kier molecular flexibility index (Phi) is 7.90. The van der Waals surface area contributed by atoms with E-state index in [9.17, 15) is 0 Å². The predicted octanol–water partition coefficient (Wildman–Crippen LogP) is 3.51. The van der Waals surface area contributed by atoms with E-state index in [1.807, 2.05) is 25.3 Å². The van der Waals surface area contributed by atoms with Crippen molar-refractivity contribution in [3.8, 4) is 12.3 Å². The number of hydrogen-bond acceptors (Lipinski definition) is 1. The first-order chi connectivity index (χ1) is 7.26. The number of benzene rings is 1. The average molecular weight is 201 g/mol. The molecule has 1 heteroatoms. The lowest BCUT2D eigenvalue weighted by molar-refractivity contribution is 0.686. The van der Waals surface area contributed by atoms with Gasteiger partial charge in [-0.2, -0.15) is 0 Å². The molecule has 1 N–H and O–H groups in total. The van der Waals surface area contributed by atoms with Gasteiger partial charge in [-0.15, -0.1) is 12.3 Å². The molecular weight excluding hydrogens is 182 g/mol. The van der Waals surface area contributed by atoms with E-state index in [-0.39, 0.29) is 0 Å². The fourth-order valence-electron chi connectivity index (χ4n) is 1.08. The van der Waals surface area contributed by atoms with Crippen molar-refractivity contribution in [1.29, 1.82) is 0 Å². The van der Waals surface area contributed by atoms with Crippen LogP contribution in [0.1, 0.15) is 32.4 Å². The molecule has 1 atom stereocenters. The normalized spacial score (nSPS) is 11.1. The van der Waals surface area contributed by atoms with Crippen LogP contribution >= 0.6 is 0 Å². The molecule has 0 radical (unpaired) electrons. The molecule has 80 valence electrons. The van der Waals surface area contributed by atoms with E-state index in [4.69, 9.17) is 0 Å². The van der Waals surface area contributed by atoms with Crippen LogP contribution in [0.3, 0.4) is 0 Å². The SMILES string of the molecule is C#CC.C/C=C\NC(C)c1ccccc1. The Hall–Kier alpha value is -1.68. The third-order valence-corrected chi connectivity index (χ3v) is 1.81. The highest BCUT2D eigenvalue weighted by atomic mass is 14.9. The van der Waals surface area contributed by atoms with Crippen LogP contribution in [-0.4, -0.2) is 0 Å². The fraction of sp³-hybridized carbons (Fsp3) is 0.286. The molecule has 1 aromatic carbocycles. The molecule has 0 fully saturated rings. The van der Waals surface area contributed by atoms with Crippen LogP contribution in [0.15, 0.2) is 42.6 Å². The predicted molar refractivity (Wildman–Crippen MR) is 67.3 cm³/mol. The van der Waals surface area contributed by atoms with Crippen molar-refractivity contribution < 1.29 is 0 Å². The van der Waals surface area contributed by atoms with Crippen LogP contribution in [0.25, 0.3) is 0 Å². The van der Waals surface area contributed by atoms with Gasteiger partial charge in [0.25, 0.3) is 0 Å². The van der Waals surface area contributed by atoms with E-state index in [1.54, 1.807) is 6.92 Å². The standard InChI is InChI=1S/C11H15N.C3H4/c1-3-9-12-10(2)11-7-5-4-6-8-11;1-3-2/h3-10,12H,1-2H3;1H,2H3/b9-3-;. The molecule has 1 unspecified atom stereocenters. The molecule has 0 aromatic heterocycles. The number of hydrogen-bond donors (Lipinski definition) is 1. The third-order valence-electron chi connectivity index (χ3n) is 1.81. The Morgan fingerprint density at radius 1 is 1.33 bits per heavy atom. The monoisotopic (exact) mass is 201 g/mol. The summed E-state index contributed by atoms with van der Waals surface area (Å²) in [5.74, 6) is 2.25. The number of nitrogens with one attached hydrogen (secondary N) is 1.